The van der Waals surface area contributed by atoms with Crippen LogP contribution in [-0.2, 0) is 11.3 Å². The van der Waals surface area contributed by atoms with Crippen LogP contribution in [0, 0.1) is 6.92 Å². The molecule has 0 aromatic carbocycles. The number of rotatable bonds is 7. The first kappa shape index (κ1) is 14.2. The van der Waals surface area contributed by atoms with Crippen LogP contribution in [-0.4, -0.2) is 30.8 Å². The molecule has 0 saturated heterocycles. The van der Waals surface area contributed by atoms with Gasteiger partial charge in [-0.1, -0.05) is 0 Å². The number of hydrogen-bond donors (Lipinski definition) is 2. The van der Waals surface area contributed by atoms with Crippen LogP contribution in [0.5, 0.6) is 0 Å². The molecule has 0 aliphatic heterocycles. The van der Waals surface area contributed by atoms with E-state index < -0.39 is 5.97 Å². The van der Waals surface area contributed by atoms with E-state index in [1.807, 2.05) is 6.92 Å². The molecular weight excluding hydrogens is 238 g/mol. The Bertz CT molecular complexity index is 376. The third-order valence-electron chi connectivity index (χ3n) is 2.63. The maximum absolute atomic E-state index is 10.8. The maximum atomic E-state index is 10.8. The molecule has 0 saturated carbocycles. The summed E-state index contributed by atoms with van der Waals surface area (Å²) in [5.74, 6) is -0.850. The van der Waals surface area contributed by atoms with E-state index in [0.29, 0.717) is 17.5 Å². The number of methoxy groups -OCH3 is 1. The molecule has 0 bridgehead atoms. The van der Waals surface area contributed by atoms with Crippen LogP contribution in [0.3, 0.4) is 0 Å². The van der Waals surface area contributed by atoms with E-state index in [9.17, 15) is 4.79 Å². The Balaban J connectivity index is 2.48. The van der Waals surface area contributed by atoms with Crippen LogP contribution in [0.4, 0.5) is 0 Å². The van der Waals surface area contributed by atoms with Crippen LogP contribution in [0.2, 0.25) is 0 Å². The molecule has 0 aliphatic carbocycles. The van der Waals surface area contributed by atoms with Crippen molar-refractivity contribution in [1.29, 1.82) is 0 Å². The van der Waals surface area contributed by atoms with Gasteiger partial charge in [0, 0.05) is 31.2 Å². The highest BCUT2D eigenvalue weighted by molar-refractivity contribution is 7.14. The standard InChI is InChI=1S/C12H19NO3S/c1-8(4-5-16-3)13-7-10-6-11(12(14)15)17-9(10)2/h6,8,13H,4-5,7H2,1-3H3,(H,14,15). The number of carboxylic acids is 1. The zero-order chi connectivity index (χ0) is 12.8. The lowest BCUT2D eigenvalue weighted by molar-refractivity contribution is 0.0702. The van der Waals surface area contributed by atoms with Gasteiger partial charge in [-0.15, -0.1) is 11.3 Å². The number of aromatic carboxylic acids is 1. The molecule has 17 heavy (non-hydrogen) atoms. The average molecular weight is 257 g/mol. The second kappa shape index (κ2) is 6.74. The Kier molecular flexibility index (Phi) is 5.61. The molecule has 1 aromatic rings. The summed E-state index contributed by atoms with van der Waals surface area (Å²) in [6.45, 7) is 5.49. The van der Waals surface area contributed by atoms with E-state index in [-0.39, 0.29) is 0 Å². The van der Waals surface area contributed by atoms with Crippen molar-refractivity contribution in [1.82, 2.24) is 5.32 Å². The fraction of sp³-hybridized carbons (Fsp3) is 0.583. The summed E-state index contributed by atoms with van der Waals surface area (Å²) in [6, 6.07) is 2.11. The maximum Gasteiger partial charge on any atom is 0.345 e. The first-order valence-corrected chi connectivity index (χ1v) is 6.41. The van der Waals surface area contributed by atoms with Crippen LogP contribution in [0.15, 0.2) is 6.07 Å². The van der Waals surface area contributed by atoms with Gasteiger partial charge in [0.1, 0.15) is 4.88 Å². The van der Waals surface area contributed by atoms with Crippen molar-refractivity contribution >= 4 is 17.3 Å². The van der Waals surface area contributed by atoms with Gasteiger partial charge in [-0.25, -0.2) is 4.79 Å². The summed E-state index contributed by atoms with van der Waals surface area (Å²) in [7, 11) is 1.69. The molecule has 0 fully saturated rings. The average Bonchev–Trinajstić information content (AvgIpc) is 2.65. The molecule has 2 N–H and O–H groups in total. The van der Waals surface area contributed by atoms with Crippen molar-refractivity contribution in [3.8, 4) is 0 Å². The number of nitrogens with one attached hydrogen (secondary N) is 1. The van der Waals surface area contributed by atoms with Crippen LogP contribution < -0.4 is 5.32 Å². The first-order valence-electron chi connectivity index (χ1n) is 5.59. The predicted octanol–water partition coefficient (Wildman–Crippen LogP) is 2.27. The van der Waals surface area contributed by atoms with Gasteiger partial charge in [0.05, 0.1) is 0 Å². The topological polar surface area (TPSA) is 58.6 Å². The molecule has 0 amide bonds. The van der Waals surface area contributed by atoms with Crippen molar-refractivity contribution in [3.05, 3.63) is 21.4 Å². The van der Waals surface area contributed by atoms with Gasteiger partial charge in [-0.2, -0.15) is 0 Å². The normalized spacial score (nSPS) is 12.6. The van der Waals surface area contributed by atoms with Gasteiger partial charge in [0.15, 0.2) is 0 Å². The lowest BCUT2D eigenvalue weighted by Gasteiger charge is -2.12. The molecule has 1 unspecified atom stereocenters. The number of ether oxygens (including phenoxy) is 1. The highest BCUT2D eigenvalue weighted by atomic mass is 32.1. The smallest absolute Gasteiger partial charge is 0.345 e. The Morgan fingerprint density at radius 1 is 1.65 bits per heavy atom. The van der Waals surface area contributed by atoms with Crippen LogP contribution in [0.25, 0.3) is 0 Å². The summed E-state index contributed by atoms with van der Waals surface area (Å²) in [6.07, 6.45) is 0.950. The largest absolute Gasteiger partial charge is 0.477 e. The number of carboxylic acid groups (broad SMARTS) is 1. The van der Waals surface area contributed by atoms with Crippen molar-refractivity contribution in [2.24, 2.45) is 0 Å². The number of thiophene rings is 1. The molecule has 0 radical (unpaired) electrons. The lowest BCUT2D eigenvalue weighted by atomic mass is 10.2. The van der Waals surface area contributed by atoms with Gasteiger partial charge in [-0.3, -0.25) is 0 Å². The molecule has 1 atom stereocenters. The zero-order valence-corrected chi connectivity index (χ0v) is 11.3. The van der Waals surface area contributed by atoms with Crippen molar-refractivity contribution in [3.63, 3.8) is 0 Å². The molecule has 0 aliphatic rings. The quantitative estimate of drug-likeness (QED) is 0.786. The van der Waals surface area contributed by atoms with Gasteiger partial charge in [0.2, 0.25) is 0 Å². The van der Waals surface area contributed by atoms with Gasteiger partial charge in [-0.05, 0) is 31.9 Å². The predicted molar refractivity (Wildman–Crippen MR) is 68.8 cm³/mol. The fourth-order valence-corrected chi connectivity index (χ4v) is 2.36. The Morgan fingerprint density at radius 3 is 2.88 bits per heavy atom. The Hall–Kier alpha value is -0.910. The second-order valence-corrected chi connectivity index (χ2v) is 5.32. The second-order valence-electron chi connectivity index (χ2n) is 4.06. The van der Waals surface area contributed by atoms with Crippen molar-refractivity contribution in [2.75, 3.05) is 13.7 Å². The van der Waals surface area contributed by atoms with E-state index in [0.717, 1.165) is 23.5 Å². The van der Waals surface area contributed by atoms with Gasteiger partial charge < -0.3 is 15.2 Å². The van der Waals surface area contributed by atoms with Gasteiger partial charge in [0.25, 0.3) is 0 Å². The number of hydrogen-bond acceptors (Lipinski definition) is 4. The molecule has 4 nitrogen and oxygen atoms in total. The van der Waals surface area contributed by atoms with E-state index in [1.165, 1.54) is 11.3 Å². The SMILES string of the molecule is COCCC(C)NCc1cc(C(=O)O)sc1C. The third kappa shape index (κ3) is 4.46. The molecular formula is C12H19NO3S. The summed E-state index contributed by atoms with van der Waals surface area (Å²) in [5, 5.41) is 12.3. The van der Waals surface area contributed by atoms with Crippen molar-refractivity contribution in [2.45, 2.75) is 32.9 Å². The monoisotopic (exact) mass is 257 g/mol. The summed E-state index contributed by atoms with van der Waals surface area (Å²) >= 11 is 1.33. The Labute approximate surface area is 106 Å². The lowest BCUT2D eigenvalue weighted by Crippen LogP contribution is -2.26. The van der Waals surface area contributed by atoms with Gasteiger partial charge >= 0.3 is 5.97 Å². The molecule has 1 aromatic heterocycles. The summed E-state index contributed by atoms with van der Waals surface area (Å²) in [5.41, 5.74) is 1.07. The first-order chi connectivity index (χ1) is 8.04. The number of aryl methyl sites for hydroxylation is 1. The van der Waals surface area contributed by atoms with Crippen LogP contribution in [0.1, 0.15) is 33.5 Å². The third-order valence-corrected chi connectivity index (χ3v) is 3.71. The summed E-state index contributed by atoms with van der Waals surface area (Å²) < 4.78 is 5.01. The van der Waals surface area contributed by atoms with E-state index in [4.69, 9.17) is 9.84 Å². The Morgan fingerprint density at radius 2 is 2.35 bits per heavy atom. The molecule has 0 spiro atoms. The minimum Gasteiger partial charge on any atom is -0.477 e. The van der Waals surface area contributed by atoms with Crippen LogP contribution >= 0.6 is 11.3 Å². The fourth-order valence-electron chi connectivity index (χ4n) is 1.48. The molecule has 96 valence electrons. The van der Waals surface area contributed by atoms with E-state index in [2.05, 4.69) is 12.2 Å². The molecule has 1 rings (SSSR count). The van der Waals surface area contributed by atoms with Crippen molar-refractivity contribution < 1.29 is 14.6 Å². The van der Waals surface area contributed by atoms with E-state index in [1.54, 1.807) is 13.2 Å². The summed E-state index contributed by atoms with van der Waals surface area (Å²) in [4.78, 5) is 12.3. The highest BCUT2D eigenvalue weighted by Gasteiger charge is 2.11. The highest BCUT2D eigenvalue weighted by Crippen LogP contribution is 2.21. The number of carbonyl (C=O) groups is 1. The minimum atomic E-state index is -0.850. The molecule has 1 heterocycles. The minimum absolute atomic E-state index is 0.363. The zero-order valence-electron chi connectivity index (χ0n) is 10.4. The van der Waals surface area contributed by atoms with E-state index >= 15 is 0 Å². The molecule has 5 heteroatoms.